The van der Waals surface area contributed by atoms with Gasteiger partial charge in [0.2, 0.25) is 5.01 Å². The third-order valence-corrected chi connectivity index (χ3v) is 5.79. The molecule has 7 nitrogen and oxygen atoms in total. The minimum absolute atomic E-state index is 0.0383. The number of carbonyl (C=O) groups excluding carboxylic acids is 2. The minimum atomic E-state index is -0.298. The van der Waals surface area contributed by atoms with Gasteiger partial charge in [-0.2, -0.15) is 0 Å². The first-order valence-electron chi connectivity index (χ1n) is 9.35. The smallest absolute Gasteiger partial charge is 0.317 e. The number of hydrogen-bond donors (Lipinski definition) is 2. The van der Waals surface area contributed by atoms with Crippen LogP contribution in [0.3, 0.4) is 0 Å². The molecule has 0 aliphatic carbocycles. The van der Waals surface area contributed by atoms with E-state index in [1.807, 2.05) is 4.90 Å². The summed E-state index contributed by atoms with van der Waals surface area (Å²) in [5, 5.41) is 15.7. The third-order valence-electron chi connectivity index (χ3n) is 4.46. The summed E-state index contributed by atoms with van der Waals surface area (Å²) in [4.78, 5) is 26.6. The molecule has 2 aromatic rings. The number of halogens is 1. The van der Waals surface area contributed by atoms with Gasteiger partial charge in [0, 0.05) is 36.3 Å². The lowest BCUT2D eigenvalue weighted by Crippen LogP contribution is -2.45. The lowest BCUT2D eigenvalue weighted by atomic mass is 9.99. The number of hydrogen-bond acceptors (Lipinski definition) is 5. The molecule has 3 amide bonds. The van der Waals surface area contributed by atoms with Gasteiger partial charge in [-0.1, -0.05) is 36.8 Å². The van der Waals surface area contributed by atoms with Gasteiger partial charge in [-0.3, -0.25) is 4.79 Å². The second-order valence-electron chi connectivity index (χ2n) is 7.27. The Hall–Kier alpha value is -2.19. The van der Waals surface area contributed by atoms with E-state index in [0.29, 0.717) is 34.7 Å². The van der Waals surface area contributed by atoms with Crippen molar-refractivity contribution < 1.29 is 9.59 Å². The molecule has 2 N–H and O–H groups in total. The predicted octanol–water partition coefficient (Wildman–Crippen LogP) is 3.99. The second-order valence-corrected chi connectivity index (χ2v) is 8.72. The van der Waals surface area contributed by atoms with Crippen molar-refractivity contribution in [1.82, 2.24) is 20.4 Å². The van der Waals surface area contributed by atoms with Crippen LogP contribution in [0, 0.1) is 5.92 Å². The van der Waals surface area contributed by atoms with Gasteiger partial charge >= 0.3 is 6.03 Å². The Morgan fingerprint density at radius 1 is 1.29 bits per heavy atom. The number of rotatable bonds is 5. The van der Waals surface area contributed by atoms with Gasteiger partial charge in [-0.15, -0.1) is 10.2 Å². The van der Waals surface area contributed by atoms with E-state index in [4.69, 9.17) is 11.6 Å². The number of likely N-dealkylation sites (tertiary alicyclic amines) is 1. The zero-order chi connectivity index (χ0) is 20.1. The van der Waals surface area contributed by atoms with Crippen molar-refractivity contribution in [3.8, 4) is 0 Å². The molecule has 1 aliphatic rings. The molecule has 150 valence electrons. The monoisotopic (exact) mass is 421 g/mol. The molecular formula is C19H24ClN5O2S. The van der Waals surface area contributed by atoms with Gasteiger partial charge in [-0.05, 0) is 43.0 Å². The highest BCUT2D eigenvalue weighted by Gasteiger charge is 2.28. The maximum absolute atomic E-state index is 12.4. The summed E-state index contributed by atoms with van der Waals surface area (Å²) in [7, 11) is 0. The summed E-state index contributed by atoms with van der Waals surface area (Å²) in [6, 6.07) is 6.85. The Labute approximate surface area is 173 Å². The van der Waals surface area contributed by atoms with Crippen LogP contribution in [0.5, 0.6) is 0 Å². The molecule has 3 rings (SSSR count). The fourth-order valence-electron chi connectivity index (χ4n) is 2.98. The highest BCUT2D eigenvalue weighted by atomic mass is 35.5. The zero-order valence-electron chi connectivity index (χ0n) is 15.9. The lowest BCUT2D eigenvalue weighted by molar-refractivity contribution is 0.102. The number of aromatic nitrogens is 2. The van der Waals surface area contributed by atoms with Crippen molar-refractivity contribution in [3.63, 3.8) is 0 Å². The van der Waals surface area contributed by atoms with Gasteiger partial charge < -0.3 is 15.5 Å². The topological polar surface area (TPSA) is 87.2 Å². The van der Waals surface area contributed by atoms with Crippen LogP contribution in [0.2, 0.25) is 5.02 Å². The van der Waals surface area contributed by atoms with Crippen LogP contribution in [0.25, 0.3) is 0 Å². The van der Waals surface area contributed by atoms with Gasteiger partial charge in [0.25, 0.3) is 5.91 Å². The fraction of sp³-hybridized carbons (Fsp3) is 0.474. The first-order chi connectivity index (χ1) is 13.4. The van der Waals surface area contributed by atoms with Crippen molar-refractivity contribution >= 4 is 40.6 Å². The number of carbonyl (C=O) groups is 2. The van der Waals surface area contributed by atoms with Crippen LogP contribution in [-0.4, -0.2) is 46.7 Å². The maximum Gasteiger partial charge on any atom is 0.317 e. The maximum atomic E-state index is 12.4. The van der Waals surface area contributed by atoms with Gasteiger partial charge in [0.05, 0.1) is 0 Å². The Morgan fingerprint density at radius 3 is 2.75 bits per heavy atom. The second kappa shape index (κ2) is 9.34. The standard InChI is InChI=1S/C19H24ClN5O2S/c1-12(2)10-21-19(27)25-9-3-4-13(11-25)17-23-24-18(28-17)16(26)22-15-7-5-14(20)6-8-15/h5-8,12-13H,3-4,9-11H2,1-2H3,(H,21,27)(H,22,26)/t13-/m1/s1. The number of piperidine rings is 1. The van der Waals surface area contributed by atoms with Crippen LogP contribution in [0.15, 0.2) is 24.3 Å². The number of nitrogens with one attached hydrogen (secondary N) is 2. The van der Waals surface area contributed by atoms with Crippen molar-refractivity contribution in [1.29, 1.82) is 0 Å². The summed E-state index contributed by atoms with van der Waals surface area (Å²) >= 11 is 7.14. The molecule has 1 fully saturated rings. The summed E-state index contributed by atoms with van der Waals surface area (Å²) in [6.45, 7) is 6.13. The average Bonchev–Trinajstić information content (AvgIpc) is 3.18. The van der Waals surface area contributed by atoms with Crippen LogP contribution < -0.4 is 10.6 Å². The predicted molar refractivity (Wildman–Crippen MR) is 111 cm³/mol. The Balaban J connectivity index is 1.60. The van der Waals surface area contributed by atoms with E-state index in [-0.39, 0.29) is 17.9 Å². The summed E-state index contributed by atoms with van der Waals surface area (Å²) in [5.41, 5.74) is 0.650. The first-order valence-corrected chi connectivity index (χ1v) is 10.5. The molecule has 0 bridgehead atoms. The van der Waals surface area contributed by atoms with Gasteiger partial charge in [0.1, 0.15) is 5.01 Å². The van der Waals surface area contributed by atoms with E-state index < -0.39 is 0 Å². The Morgan fingerprint density at radius 2 is 2.04 bits per heavy atom. The Kier molecular flexibility index (Phi) is 6.85. The summed E-state index contributed by atoms with van der Waals surface area (Å²) in [6.07, 6.45) is 1.84. The number of amides is 3. The molecule has 9 heteroatoms. The quantitative estimate of drug-likeness (QED) is 0.764. The largest absolute Gasteiger partial charge is 0.338 e. The number of urea groups is 1. The molecule has 1 aromatic heterocycles. The fourth-order valence-corrected chi connectivity index (χ4v) is 3.97. The minimum Gasteiger partial charge on any atom is -0.338 e. The molecule has 1 aliphatic heterocycles. The van der Waals surface area contributed by atoms with E-state index in [1.54, 1.807) is 24.3 Å². The highest BCUT2D eigenvalue weighted by molar-refractivity contribution is 7.13. The molecule has 2 heterocycles. The van der Waals surface area contributed by atoms with Crippen molar-refractivity contribution in [2.24, 2.45) is 5.92 Å². The molecule has 0 radical (unpaired) electrons. The normalized spacial score (nSPS) is 16.9. The van der Waals surface area contributed by atoms with E-state index in [1.165, 1.54) is 11.3 Å². The van der Waals surface area contributed by atoms with Crippen LogP contribution in [-0.2, 0) is 0 Å². The van der Waals surface area contributed by atoms with Crippen molar-refractivity contribution in [2.75, 3.05) is 25.0 Å². The summed E-state index contributed by atoms with van der Waals surface area (Å²) < 4.78 is 0. The zero-order valence-corrected chi connectivity index (χ0v) is 17.5. The molecule has 1 aromatic carbocycles. The van der Waals surface area contributed by atoms with E-state index in [0.717, 1.165) is 24.4 Å². The van der Waals surface area contributed by atoms with Gasteiger partial charge in [-0.25, -0.2) is 4.79 Å². The average molecular weight is 422 g/mol. The molecule has 0 spiro atoms. The number of benzene rings is 1. The molecule has 1 atom stereocenters. The van der Waals surface area contributed by atoms with Crippen LogP contribution in [0.4, 0.5) is 10.5 Å². The van der Waals surface area contributed by atoms with E-state index in [9.17, 15) is 9.59 Å². The molecule has 0 unspecified atom stereocenters. The highest BCUT2D eigenvalue weighted by Crippen LogP contribution is 2.29. The SMILES string of the molecule is CC(C)CNC(=O)N1CCC[C@@H](c2nnc(C(=O)Nc3ccc(Cl)cc3)s2)C1. The third kappa shape index (κ3) is 5.42. The molecular weight excluding hydrogens is 398 g/mol. The van der Waals surface area contributed by atoms with Crippen molar-refractivity contribution in [3.05, 3.63) is 39.3 Å². The van der Waals surface area contributed by atoms with E-state index in [2.05, 4.69) is 34.7 Å². The van der Waals surface area contributed by atoms with Crippen LogP contribution >= 0.6 is 22.9 Å². The number of nitrogens with zero attached hydrogens (tertiary/aromatic N) is 3. The van der Waals surface area contributed by atoms with E-state index >= 15 is 0 Å². The molecule has 1 saturated heterocycles. The van der Waals surface area contributed by atoms with Gasteiger partial charge in [0.15, 0.2) is 0 Å². The molecule has 0 saturated carbocycles. The van der Waals surface area contributed by atoms with Crippen molar-refractivity contribution in [2.45, 2.75) is 32.6 Å². The molecule has 28 heavy (non-hydrogen) atoms. The lowest BCUT2D eigenvalue weighted by Gasteiger charge is -2.31. The number of anilines is 1. The Bertz CT molecular complexity index is 824. The summed E-state index contributed by atoms with van der Waals surface area (Å²) in [5.74, 6) is 0.218. The van der Waals surface area contributed by atoms with Crippen LogP contribution in [0.1, 0.15) is 47.4 Å². The first kappa shape index (κ1) is 20.5.